The van der Waals surface area contributed by atoms with Crippen LogP contribution in [0.25, 0.3) is 0 Å². The van der Waals surface area contributed by atoms with E-state index in [9.17, 15) is 0 Å². The summed E-state index contributed by atoms with van der Waals surface area (Å²) in [6.45, 7) is 3.83. The van der Waals surface area contributed by atoms with Crippen LogP contribution in [0.2, 0.25) is 0 Å². The number of aromatic nitrogens is 2. The van der Waals surface area contributed by atoms with Crippen molar-refractivity contribution in [2.45, 2.75) is 25.2 Å². The summed E-state index contributed by atoms with van der Waals surface area (Å²) in [5.74, 6) is 1.46. The zero-order chi connectivity index (χ0) is 12.4. The Balaban J connectivity index is 2.09. The summed E-state index contributed by atoms with van der Waals surface area (Å²) in [6, 6.07) is 10.5. The number of benzene rings is 1. The molecule has 0 saturated carbocycles. The summed E-state index contributed by atoms with van der Waals surface area (Å²) >= 11 is 0. The van der Waals surface area contributed by atoms with Crippen molar-refractivity contribution in [2.75, 3.05) is 13.1 Å². The van der Waals surface area contributed by atoms with E-state index in [4.69, 9.17) is 4.52 Å². The number of hydrogen-bond acceptors (Lipinski definition) is 4. The zero-order valence-electron chi connectivity index (χ0n) is 10.5. The van der Waals surface area contributed by atoms with Gasteiger partial charge in [0.25, 0.3) is 0 Å². The molecule has 1 aromatic carbocycles. The summed E-state index contributed by atoms with van der Waals surface area (Å²) in [4.78, 5) is 4.48. The van der Waals surface area contributed by atoms with Crippen LogP contribution < -0.4 is 5.32 Å². The lowest BCUT2D eigenvalue weighted by molar-refractivity contribution is 0.259. The van der Waals surface area contributed by atoms with Gasteiger partial charge in [-0.1, -0.05) is 35.5 Å². The van der Waals surface area contributed by atoms with Crippen LogP contribution in [0.1, 0.15) is 30.1 Å². The minimum Gasteiger partial charge on any atom is -0.338 e. The molecule has 1 aliphatic heterocycles. The highest BCUT2D eigenvalue weighted by Crippen LogP contribution is 2.39. The molecule has 0 unspecified atom stereocenters. The van der Waals surface area contributed by atoms with E-state index in [1.165, 1.54) is 5.56 Å². The number of hydrogen-bond donors (Lipinski definition) is 1. The molecule has 1 fully saturated rings. The Morgan fingerprint density at radius 1 is 1.17 bits per heavy atom. The van der Waals surface area contributed by atoms with E-state index in [-0.39, 0.29) is 5.41 Å². The van der Waals surface area contributed by atoms with Gasteiger partial charge in [-0.3, -0.25) is 0 Å². The summed E-state index contributed by atoms with van der Waals surface area (Å²) in [7, 11) is 0. The quantitative estimate of drug-likeness (QED) is 0.877. The minimum absolute atomic E-state index is 0.117. The van der Waals surface area contributed by atoms with Gasteiger partial charge in [-0.25, -0.2) is 0 Å². The first kappa shape index (κ1) is 11.4. The van der Waals surface area contributed by atoms with Crippen molar-refractivity contribution in [2.24, 2.45) is 0 Å². The van der Waals surface area contributed by atoms with E-state index in [0.717, 1.165) is 31.8 Å². The fourth-order valence-electron chi connectivity index (χ4n) is 2.73. The third-order valence-corrected chi connectivity index (χ3v) is 3.72. The van der Waals surface area contributed by atoms with Crippen molar-refractivity contribution in [3.05, 3.63) is 47.6 Å². The Labute approximate surface area is 106 Å². The average Bonchev–Trinajstić information content (AvgIpc) is 2.88. The third-order valence-electron chi connectivity index (χ3n) is 3.72. The first-order valence-corrected chi connectivity index (χ1v) is 6.38. The van der Waals surface area contributed by atoms with Crippen LogP contribution >= 0.6 is 0 Å². The van der Waals surface area contributed by atoms with Crippen LogP contribution in [-0.4, -0.2) is 23.2 Å². The first-order chi connectivity index (χ1) is 8.81. The van der Waals surface area contributed by atoms with E-state index in [0.29, 0.717) is 5.82 Å². The van der Waals surface area contributed by atoms with E-state index in [1.807, 2.05) is 13.0 Å². The highest BCUT2D eigenvalue weighted by molar-refractivity contribution is 5.32. The topological polar surface area (TPSA) is 51.0 Å². The highest BCUT2D eigenvalue weighted by Gasteiger charge is 2.40. The molecular weight excluding hydrogens is 226 g/mol. The van der Waals surface area contributed by atoms with E-state index in [1.54, 1.807) is 0 Å². The fourth-order valence-corrected chi connectivity index (χ4v) is 2.73. The molecule has 0 amide bonds. The van der Waals surface area contributed by atoms with Gasteiger partial charge < -0.3 is 9.84 Å². The molecular formula is C14H17N3O. The van der Waals surface area contributed by atoms with Crippen LogP contribution in [0.15, 0.2) is 34.9 Å². The molecule has 18 heavy (non-hydrogen) atoms. The van der Waals surface area contributed by atoms with Crippen molar-refractivity contribution >= 4 is 0 Å². The standard InChI is InChI=1S/C14H17N3O/c1-11-16-13(18-17-11)14(7-9-15-10-8-14)12-5-3-2-4-6-12/h2-6,15H,7-10H2,1H3. The lowest BCUT2D eigenvalue weighted by atomic mass is 9.73. The fraction of sp³-hybridized carbons (Fsp3) is 0.429. The molecule has 1 aliphatic rings. The second-order valence-corrected chi connectivity index (χ2v) is 4.84. The summed E-state index contributed by atoms with van der Waals surface area (Å²) in [6.07, 6.45) is 2.00. The molecule has 4 nitrogen and oxygen atoms in total. The van der Waals surface area contributed by atoms with Gasteiger partial charge in [0.1, 0.15) is 0 Å². The lowest BCUT2D eigenvalue weighted by Gasteiger charge is -2.34. The molecule has 2 aromatic rings. The van der Waals surface area contributed by atoms with Crippen LogP contribution in [0.5, 0.6) is 0 Å². The Bertz CT molecular complexity index is 515. The van der Waals surface area contributed by atoms with E-state index >= 15 is 0 Å². The molecule has 0 radical (unpaired) electrons. The average molecular weight is 243 g/mol. The van der Waals surface area contributed by atoms with Gasteiger partial charge in [0.15, 0.2) is 5.82 Å². The first-order valence-electron chi connectivity index (χ1n) is 6.38. The Hall–Kier alpha value is -1.68. The largest absolute Gasteiger partial charge is 0.338 e. The molecule has 0 aliphatic carbocycles. The molecule has 94 valence electrons. The number of nitrogens with one attached hydrogen (secondary N) is 1. The van der Waals surface area contributed by atoms with Crippen molar-refractivity contribution in [3.63, 3.8) is 0 Å². The number of aryl methyl sites for hydroxylation is 1. The van der Waals surface area contributed by atoms with Gasteiger partial charge in [0.2, 0.25) is 5.89 Å². The maximum atomic E-state index is 5.47. The van der Waals surface area contributed by atoms with Gasteiger partial charge in [-0.05, 0) is 38.4 Å². The van der Waals surface area contributed by atoms with Crippen LogP contribution in [0, 0.1) is 6.92 Å². The maximum absolute atomic E-state index is 5.47. The number of piperidine rings is 1. The summed E-state index contributed by atoms with van der Waals surface area (Å²) in [5, 5.41) is 7.35. The van der Waals surface area contributed by atoms with Crippen molar-refractivity contribution < 1.29 is 4.52 Å². The van der Waals surface area contributed by atoms with E-state index in [2.05, 4.69) is 39.7 Å². The molecule has 0 atom stereocenters. The van der Waals surface area contributed by atoms with Gasteiger partial charge in [-0.15, -0.1) is 0 Å². The Morgan fingerprint density at radius 3 is 2.50 bits per heavy atom. The Morgan fingerprint density at radius 2 is 1.89 bits per heavy atom. The number of rotatable bonds is 2. The predicted molar refractivity (Wildman–Crippen MR) is 68.4 cm³/mol. The molecule has 3 rings (SSSR count). The molecule has 2 heterocycles. The van der Waals surface area contributed by atoms with E-state index < -0.39 is 0 Å². The molecule has 1 N–H and O–H groups in total. The molecule has 0 spiro atoms. The predicted octanol–water partition coefficient (Wildman–Crippen LogP) is 2.05. The van der Waals surface area contributed by atoms with Gasteiger partial charge in [0, 0.05) is 0 Å². The SMILES string of the molecule is Cc1noc(C2(c3ccccc3)CCNCC2)n1. The number of nitrogens with zero attached hydrogens (tertiary/aromatic N) is 2. The second-order valence-electron chi connectivity index (χ2n) is 4.84. The Kier molecular flexibility index (Phi) is 2.88. The zero-order valence-corrected chi connectivity index (χ0v) is 10.5. The molecule has 0 bridgehead atoms. The summed E-state index contributed by atoms with van der Waals surface area (Å²) < 4.78 is 5.47. The highest BCUT2D eigenvalue weighted by atomic mass is 16.5. The molecule has 4 heteroatoms. The third kappa shape index (κ3) is 1.82. The van der Waals surface area contributed by atoms with Gasteiger partial charge >= 0.3 is 0 Å². The van der Waals surface area contributed by atoms with Crippen LogP contribution in [0.3, 0.4) is 0 Å². The van der Waals surface area contributed by atoms with Gasteiger partial charge in [-0.2, -0.15) is 4.98 Å². The monoisotopic (exact) mass is 243 g/mol. The van der Waals surface area contributed by atoms with Crippen LogP contribution in [-0.2, 0) is 5.41 Å². The maximum Gasteiger partial charge on any atom is 0.237 e. The van der Waals surface area contributed by atoms with Crippen molar-refractivity contribution in [3.8, 4) is 0 Å². The van der Waals surface area contributed by atoms with Gasteiger partial charge in [0.05, 0.1) is 5.41 Å². The van der Waals surface area contributed by atoms with Crippen LogP contribution in [0.4, 0.5) is 0 Å². The normalized spacial score (nSPS) is 18.7. The molecule has 1 aromatic heterocycles. The van der Waals surface area contributed by atoms with Crippen molar-refractivity contribution in [1.29, 1.82) is 0 Å². The van der Waals surface area contributed by atoms with Crippen molar-refractivity contribution in [1.82, 2.24) is 15.5 Å². The summed E-state index contributed by atoms with van der Waals surface area (Å²) in [5.41, 5.74) is 1.16. The minimum atomic E-state index is -0.117. The lowest BCUT2D eigenvalue weighted by Crippen LogP contribution is -2.41. The molecule has 1 saturated heterocycles. The smallest absolute Gasteiger partial charge is 0.237 e. The second kappa shape index (κ2) is 4.53.